The van der Waals surface area contributed by atoms with Gasteiger partial charge in [0.1, 0.15) is 11.4 Å². The molecule has 1 aromatic heterocycles. The molecule has 0 amide bonds. The zero-order chi connectivity index (χ0) is 11.8. The standard InChI is InChI=1S/C13H8N2O2/c16-7-8-5-6-11(17)13-12(8)14-9-3-1-2-4-10(9)15-13/h1-5,7H,6H2. The Hall–Kier alpha value is -2.36. The third-order valence-electron chi connectivity index (χ3n) is 2.74. The number of carbonyl (C=O) groups excluding carboxylic acids is 2. The number of aromatic nitrogens is 2. The van der Waals surface area contributed by atoms with Crippen molar-refractivity contribution in [3.8, 4) is 0 Å². The molecule has 1 heterocycles. The molecule has 0 atom stereocenters. The third-order valence-corrected chi connectivity index (χ3v) is 2.74. The van der Waals surface area contributed by atoms with Gasteiger partial charge in [0, 0.05) is 12.0 Å². The van der Waals surface area contributed by atoms with E-state index < -0.39 is 0 Å². The maximum absolute atomic E-state index is 11.7. The number of allylic oxidation sites excluding steroid dienone is 2. The van der Waals surface area contributed by atoms with Gasteiger partial charge in [-0.2, -0.15) is 0 Å². The predicted molar refractivity (Wildman–Crippen MR) is 62.5 cm³/mol. The molecule has 0 bridgehead atoms. The van der Waals surface area contributed by atoms with Crippen molar-refractivity contribution in [2.75, 3.05) is 0 Å². The van der Waals surface area contributed by atoms with Crippen molar-refractivity contribution < 1.29 is 9.59 Å². The minimum atomic E-state index is -0.0937. The highest BCUT2D eigenvalue weighted by molar-refractivity contribution is 6.15. The average Bonchev–Trinajstić information content (AvgIpc) is 2.38. The summed E-state index contributed by atoms with van der Waals surface area (Å²) in [4.78, 5) is 31.3. The van der Waals surface area contributed by atoms with Gasteiger partial charge in [0.15, 0.2) is 12.1 Å². The van der Waals surface area contributed by atoms with Crippen LogP contribution in [0.4, 0.5) is 0 Å². The Morgan fingerprint density at radius 2 is 1.71 bits per heavy atom. The number of Topliss-reactive ketones (excluding diaryl/α,β-unsaturated/α-hetero) is 1. The van der Waals surface area contributed by atoms with Crippen molar-refractivity contribution in [1.29, 1.82) is 0 Å². The highest BCUT2D eigenvalue weighted by Gasteiger charge is 2.22. The first-order chi connectivity index (χ1) is 8.29. The molecular weight excluding hydrogens is 216 g/mol. The van der Waals surface area contributed by atoms with Crippen LogP contribution in [0.5, 0.6) is 0 Å². The lowest BCUT2D eigenvalue weighted by atomic mass is 9.99. The predicted octanol–water partition coefficient (Wildman–Crippen LogP) is 1.80. The number of aldehydes is 1. The van der Waals surface area contributed by atoms with Crippen LogP contribution in [-0.4, -0.2) is 22.0 Å². The molecule has 0 N–H and O–H groups in total. The van der Waals surface area contributed by atoms with E-state index in [4.69, 9.17) is 0 Å². The van der Waals surface area contributed by atoms with Crippen molar-refractivity contribution in [1.82, 2.24) is 9.97 Å². The fourth-order valence-corrected chi connectivity index (χ4v) is 1.90. The number of carbonyl (C=O) groups is 2. The molecule has 0 saturated heterocycles. The van der Waals surface area contributed by atoms with Gasteiger partial charge >= 0.3 is 0 Å². The van der Waals surface area contributed by atoms with E-state index in [1.54, 1.807) is 12.1 Å². The topological polar surface area (TPSA) is 59.9 Å². The highest BCUT2D eigenvalue weighted by atomic mass is 16.1. The average molecular weight is 224 g/mol. The van der Waals surface area contributed by atoms with E-state index in [9.17, 15) is 9.59 Å². The molecule has 4 nitrogen and oxygen atoms in total. The molecule has 82 valence electrons. The molecule has 1 aromatic carbocycles. The summed E-state index contributed by atoms with van der Waals surface area (Å²) in [6, 6.07) is 7.30. The Morgan fingerprint density at radius 1 is 1.06 bits per heavy atom. The minimum Gasteiger partial charge on any atom is -0.298 e. The molecule has 3 rings (SSSR count). The Kier molecular flexibility index (Phi) is 2.08. The third kappa shape index (κ3) is 1.45. The summed E-state index contributed by atoms with van der Waals surface area (Å²) >= 11 is 0. The van der Waals surface area contributed by atoms with Gasteiger partial charge in [-0.05, 0) is 12.1 Å². The SMILES string of the molecule is O=CC1=CCC(=O)c2nc3ccccc3nc21. The van der Waals surface area contributed by atoms with Gasteiger partial charge in [0.2, 0.25) is 0 Å². The zero-order valence-corrected chi connectivity index (χ0v) is 8.88. The molecule has 0 spiro atoms. The second-order valence-electron chi connectivity index (χ2n) is 3.81. The van der Waals surface area contributed by atoms with Gasteiger partial charge in [-0.3, -0.25) is 9.59 Å². The molecule has 4 heteroatoms. The first-order valence-electron chi connectivity index (χ1n) is 5.25. The number of para-hydroxylation sites is 2. The number of hydrogen-bond acceptors (Lipinski definition) is 4. The normalized spacial score (nSPS) is 14.4. The van der Waals surface area contributed by atoms with E-state index in [2.05, 4.69) is 9.97 Å². The number of hydrogen-bond donors (Lipinski definition) is 0. The Morgan fingerprint density at radius 3 is 2.35 bits per heavy atom. The van der Waals surface area contributed by atoms with E-state index >= 15 is 0 Å². The second kappa shape index (κ2) is 3.59. The molecule has 17 heavy (non-hydrogen) atoms. The molecule has 1 aliphatic rings. The summed E-state index contributed by atoms with van der Waals surface area (Å²) in [6.07, 6.45) is 2.53. The fourth-order valence-electron chi connectivity index (χ4n) is 1.90. The van der Waals surface area contributed by atoms with Gasteiger partial charge in [-0.15, -0.1) is 0 Å². The van der Waals surface area contributed by atoms with Crippen molar-refractivity contribution in [2.45, 2.75) is 6.42 Å². The van der Waals surface area contributed by atoms with Gasteiger partial charge in [-0.1, -0.05) is 18.2 Å². The van der Waals surface area contributed by atoms with Gasteiger partial charge in [0.25, 0.3) is 0 Å². The Bertz CT molecular complexity index is 674. The van der Waals surface area contributed by atoms with E-state index in [-0.39, 0.29) is 12.2 Å². The molecule has 0 unspecified atom stereocenters. The van der Waals surface area contributed by atoms with Crippen molar-refractivity contribution in [3.05, 3.63) is 41.7 Å². The number of rotatable bonds is 1. The van der Waals surface area contributed by atoms with Gasteiger partial charge in [-0.25, -0.2) is 9.97 Å². The monoisotopic (exact) mass is 224 g/mol. The maximum Gasteiger partial charge on any atom is 0.187 e. The Labute approximate surface area is 97.0 Å². The van der Waals surface area contributed by atoms with Crippen molar-refractivity contribution >= 4 is 28.7 Å². The largest absolute Gasteiger partial charge is 0.298 e. The molecule has 0 aliphatic heterocycles. The van der Waals surface area contributed by atoms with E-state index in [0.29, 0.717) is 34.3 Å². The lowest BCUT2D eigenvalue weighted by Gasteiger charge is -2.11. The van der Waals surface area contributed by atoms with Crippen LogP contribution in [-0.2, 0) is 4.79 Å². The van der Waals surface area contributed by atoms with Gasteiger partial charge < -0.3 is 0 Å². The molecule has 0 radical (unpaired) electrons. The van der Waals surface area contributed by atoms with Crippen LogP contribution in [0.2, 0.25) is 0 Å². The van der Waals surface area contributed by atoms with E-state index in [0.717, 1.165) is 0 Å². The molecule has 0 saturated carbocycles. The summed E-state index contributed by atoms with van der Waals surface area (Å²) in [5.41, 5.74) is 2.50. The van der Waals surface area contributed by atoms with Crippen LogP contribution in [0.1, 0.15) is 22.6 Å². The number of nitrogens with zero attached hydrogens (tertiary/aromatic N) is 2. The smallest absolute Gasteiger partial charge is 0.187 e. The number of benzene rings is 1. The summed E-state index contributed by atoms with van der Waals surface area (Å²) in [7, 11) is 0. The summed E-state index contributed by atoms with van der Waals surface area (Å²) in [5.74, 6) is -0.0937. The van der Waals surface area contributed by atoms with E-state index in [1.807, 2.05) is 18.2 Å². The molecule has 2 aromatic rings. The fraction of sp³-hybridized carbons (Fsp3) is 0.0769. The Balaban J connectivity index is 2.37. The minimum absolute atomic E-state index is 0.0937. The lowest BCUT2D eigenvalue weighted by molar-refractivity contribution is -0.103. The second-order valence-corrected chi connectivity index (χ2v) is 3.81. The summed E-state index contributed by atoms with van der Waals surface area (Å²) < 4.78 is 0. The van der Waals surface area contributed by atoms with Crippen molar-refractivity contribution in [2.24, 2.45) is 0 Å². The van der Waals surface area contributed by atoms with Crippen LogP contribution >= 0.6 is 0 Å². The number of ketones is 1. The van der Waals surface area contributed by atoms with Crippen LogP contribution < -0.4 is 0 Å². The maximum atomic E-state index is 11.7. The quantitative estimate of drug-likeness (QED) is 0.693. The van der Waals surface area contributed by atoms with Crippen LogP contribution in [0.15, 0.2) is 30.3 Å². The van der Waals surface area contributed by atoms with Gasteiger partial charge in [0.05, 0.1) is 11.0 Å². The van der Waals surface area contributed by atoms with E-state index in [1.165, 1.54) is 0 Å². The highest BCUT2D eigenvalue weighted by Crippen LogP contribution is 2.24. The first kappa shape index (κ1) is 9.84. The lowest BCUT2D eigenvalue weighted by Crippen LogP contribution is -2.13. The first-order valence-corrected chi connectivity index (χ1v) is 5.25. The van der Waals surface area contributed by atoms with Crippen LogP contribution in [0.25, 0.3) is 16.6 Å². The molecular formula is C13H8N2O2. The van der Waals surface area contributed by atoms with Crippen LogP contribution in [0, 0.1) is 0 Å². The van der Waals surface area contributed by atoms with Crippen LogP contribution in [0.3, 0.4) is 0 Å². The summed E-state index contributed by atoms with van der Waals surface area (Å²) in [6.45, 7) is 0. The van der Waals surface area contributed by atoms with Crippen molar-refractivity contribution in [3.63, 3.8) is 0 Å². The molecule has 1 aliphatic carbocycles. The zero-order valence-electron chi connectivity index (χ0n) is 8.88. The summed E-state index contributed by atoms with van der Waals surface area (Å²) in [5, 5.41) is 0. The number of fused-ring (bicyclic) bond motifs is 2. The molecule has 0 fully saturated rings.